The van der Waals surface area contributed by atoms with Gasteiger partial charge in [0, 0.05) is 17.3 Å². The molecule has 31 heavy (non-hydrogen) atoms. The van der Waals surface area contributed by atoms with Gasteiger partial charge >= 0.3 is 0 Å². The largest absolute Gasteiger partial charge is 0.454 e. The maximum Gasteiger partial charge on any atom is 0.234 e. The summed E-state index contributed by atoms with van der Waals surface area (Å²) in [6.07, 6.45) is 0. The number of fused-ring (bicyclic) bond motifs is 1. The highest BCUT2D eigenvalue weighted by Crippen LogP contribution is 2.34. The molecular weight excluding hydrogens is 412 g/mol. The van der Waals surface area contributed by atoms with E-state index < -0.39 is 0 Å². The molecule has 2 heterocycles. The van der Waals surface area contributed by atoms with Crippen LogP contribution in [0.2, 0.25) is 0 Å². The van der Waals surface area contributed by atoms with Gasteiger partial charge < -0.3 is 14.8 Å². The summed E-state index contributed by atoms with van der Waals surface area (Å²) in [7, 11) is 0. The van der Waals surface area contributed by atoms with E-state index in [1.807, 2.05) is 60.7 Å². The molecule has 0 spiro atoms. The molecule has 8 heteroatoms. The van der Waals surface area contributed by atoms with Crippen LogP contribution in [-0.4, -0.2) is 33.2 Å². The number of anilines is 1. The van der Waals surface area contributed by atoms with Crippen LogP contribution in [0.5, 0.6) is 11.5 Å². The fourth-order valence-electron chi connectivity index (χ4n) is 3.18. The molecule has 5 rings (SSSR count). The maximum atomic E-state index is 12.5. The van der Waals surface area contributed by atoms with Crippen molar-refractivity contribution >= 4 is 23.4 Å². The molecule has 0 fully saturated rings. The van der Waals surface area contributed by atoms with Crippen LogP contribution in [0.4, 0.5) is 5.69 Å². The summed E-state index contributed by atoms with van der Waals surface area (Å²) >= 11 is 1.29. The van der Waals surface area contributed by atoms with Crippen molar-refractivity contribution in [1.82, 2.24) is 14.8 Å². The lowest BCUT2D eigenvalue weighted by Crippen LogP contribution is -2.14. The number of nitrogens with zero attached hydrogens (tertiary/aromatic N) is 3. The number of thioether (sulfide) groups is 1. The quantitative estimate of drug-likeness (QED) is 0.457. The van der Waals surface area contributed by atoms with Gasteiger partial charge in [-0.05, 0) is 24.3 Å². The van der Waals surface area contributed by atoms with Gasteiger partial charge in [-0.2, -0.15) is 0 Å². The number of rotatable bonds is 6. The van der Waals surface area contributed by atoms with Crippen LogP contribution in [0.15, 0.2) is 84.0 Å². The average Bonchev–Trinajstić information content (AvgIpc) is 3.46. The molecule has 0 bridgehead atoms. The third kappa shape index (κ3) is 4.24. The number of ether oxygens (including phenoxy) is 2. The minimum atomic E-state index is -0.152. The molecule has 0 saturated carbocycles. The van der Waals surface area contributed by atoms with E-state index in [0.29, 0.717) is 22.3 Å². The van der Waals surface area contributed by atoms with Crippen LogP contribution in [0.1, 0.15) is 0 Å². The van der Waals surface area contributed by atoms with Crippen molar-refractivity contribution in [3.8, 4) is 28.6 Å². The highest BCUT2D eigenvalue weighted by Gasteiger charge is 2.17. The standard InChI is InChI=1S/C23H18N4O3S/c28-21(24-17-11-12-19-20(13-17)30-15-29-19)14-31-23-25-22(16-7-3-1-4-8-16)27(26-23)18-9-5-2-6-10-18/h1-13H,14-15H2,(H,24,28). The van der Waals surface area contributed by atoms with Crippen LogP contribution in [0.3, 0.4) is 0 Å². The Morgan fingerprint density at radius 3 is 2.52 bits per heavy atom. The molecule has 1 amide bonds. The molecule has 0 atom stereocenters. The molecule has 1 aliphatic heterocycles. The summed E-state index contributed by atoms with van der Waals surface area (Å²) in [5, 5.41) is 8.04. The Labute approximate surface area is 183 Å². The van der Waals surface area contributed by atoms with E-state index in [9.17, 15) is 4.79 Å². The molecule has 3 aromatic carbocycles. The van der Waals surface area contributed by atoms with Crippen molar-refractivity contribution in [2.75, 3.05) is 17.9 Å². The Morgan fingerprint density at radius 2 is 1.71 bits per heavy atom. The molecule has 7 nitrogen and oxygen atoms in total. The van der Waals surface area contributed by atoms with E-state index in [0.717, 1.165) is 17.1 Å². The van der Waals surface area contributed by atoms with Gasteiger partial charge in [0.05, 0.1) is 11.4 Å². The zero-order valence-electron chi connectivity index (χ0n) is 16.4. The number of aromatic nitrogens is 3. The first-order chi connectivity index (χ1) is 15.3. The lowest BCUT2D eigenvalue weighted by atomic mass is 10.2. The van der Waals surface area contributed by atoms with E-state index in [-0.39, 0.29) is 18.5 Å². The molecular formula is C23H18N4O3S. The first-order valence-electron chi connectivity index (χ1n) is 9.66. The number of nitrogens with one attached hydrogen (secondary N) is 1. The van der Waals surface area contributed by atoms with Crippen LogP contribution in [0.25, 0.3) is 17.1 Å². The minimum absolute atomic E-state index is 0.152. The van der Waals surface area contributed by atoms with Crippen LogP contribution < -0.4 is 14.8 Å². The first kappa shape index (κ1) is 19.2. The fourth-order valence-corrected chi connectivity index (χ4v) is 3.80. The van der Waals surface area contributed by atoms with Gasteiger partial charge in [-0.25, -0.2) is 9.67 Å². The summed E-state index contributed by atoms with van der Waals surface area (Å²) < 4.78 is 12.4. The molecule has 4 aromatic rings. The van der Waals surface area contributed by atoms with Crippen LogP contribution in [0, 0.1) is 0 Å². The summed E-state index contributed by atoms with van der Waals surface area (Å²) in [6.45, 7) is 0.197. The second kappa shape index (κ2) is 8.53. The average molecular weight is 430 g/mol. The summed E-state index contributed by atoms with van der Waals surface area (Å²) in [5.74, 6) is 2.06. The van der Waals surface area contributed by atoms with Crippen LogP contribution >= 0.6 is 11.8 Å². The third-order valence-corrected chi connectivity index (χ3v) is 5.45. The van der Waals surface area contributed by atoms with Crippen molar-refractivity contribution in [3.05, 3.63) is 78.9 Å². The van der Waals surface area contributed by atoms with E-state index in [1.165, 1.54) is 11.8 Å². The first-order valence-corrected chi connectivity index (χ1v) is 10.6. The van der Waals surface area contributed by atoms with Gasteiger partial charge in [0.2, 0.25) is 17.9 Å². The van der Waals surface area contributed by atoms with Gasteiger partial charge in [0.15, 0.2) is 17.3 Å². The van der Waals surface area contributed by atoms with E-state index in [4.69, 9.17) is 9.47 Å². The number of carbonyl (C=O) groups is 1. The number of hydrogen-bond donors (Lipinski definition) is 1. The van der Waals surface area contributed by atoms with Crippen molar-refractivity contribution in [1.29, 1.82) is 0 Å². The molecule has 1 aliphatic rings. The molecule has 1 N–H and O–H groups in total. The summed E-state index contributed by atoms with van der Waals surface area (Å²) in [6, 6.07) is 25.0. The summed E-state index contributed by atoms with van der Waals surface area (Å²) in [4.78, 5) is 17.1. The Bertz CT molecular complexity index is 1160. The molecule has 1 aromatic heterocycles. The Hall–Kier alpha value is -3.78. The zero-order chi connectivity index (χ0) is 21.0. The predicted octanol–water partition coefficient (Wildman–Crippen LogP) is 4.39. The SMILES string of the molecule is O=C(CSc1nc(-c2ccccc2)n(-c2ccccc2)n1)Nc1ccc2c(c1)OCO2. The van der Waals surface area contributed by atoms with Gasteiger partial charge in [-0.15, -0.1) is 5.10 Å². The summed E-state index contributed by atoms with van der Waals surface area (Å²) in [5.41, 5.74) is 2.52. The van der Waals surface area contributed by atoms with Crippen molar-refractivity contribution < 1.29 is 14.3 Å². The second-order valence-electron chi connectivity index (χ2n) is 6.74. The number of carbonyl (C=O) groups excluding carboxylic acids is 1. The Morgan fingerprint density at radius 1 is 0.968 bits per heavy atom. The molecule has 0 unspecified atom stereocenters. The highest BCUT2D eigenvalue weighted by molar-refractivity contribution is 7.99. The highest BCUT2D eigenvalue weighted by atomic mass is 32.2. The lowest BCUT2D eigenvalue weighted by molar-refractivity contribution is -0.113. The topological polar surface area (TPSA) is 78.3 Å². The fraction of sp³-hybridized carbons (Fsp3) is 0.0870. The van der Waals surface area contributed by atoms with Gasteiger partial charge in [0.1, 0.15) is 0 Å². The molecule has 0 saturated heterocycles. The third-order valence-electron chi connectivity index (χ3n) is 4.61. The monoisotopic (exact) mass is 430 g/mol. The Balaban J connectivity index is 1.32. The van der Waals surface area contributed by atoms with Crippen molar-refractivity contribution in [3.63, 3.8) is 0 Å². The molecule has 154 valence electrons. The van der Waals surface area contributed by atoms with Gasteiger partial charge in [-0.1, -0.05) is 60.3 Å². The van der Waals surface area contributed by atoms with E-state index in [1.54, 1.807) is 22.9 Å². The number of para-hydroxylation sites is 1. The van der Waals surface area contributed by atoms with Gasteiger partial charge in [-0.3, -0.25) is 4.79 Å². The molecule has 0 aliphatic carbocycles. The van der Waals surface area contributed by atoms with E-state index in [2.05, 4.69) is 15.4 Å². The number of benzene rings is 3. The smallest absolute Gasteiger partial charge is 0.234 e. The zero-order valence-corrected chi connectivity index (χ0v) is 17.2. The maximum absolute atomic E-state index is 12.5. The predicted molar refractivity (Wildman–Crippen MR) is 119 cm³/mol. The van der Waals surface area contributed by atoms with E-state index >= 15 is 0 Å². The van der Waals surface area contributed by atoms with Crippen LogP contribution in [-0.2, 0) is 4.79 Å². The molecule has 0 radical (unpaired) electrons. The lowest BCUT2D eigenvalue weighted by Gasteiger charge is -2.05. The number of hydrogen-bond acceptors (Lipinski definition) is 6. The second-order valence-corrected chi connectivity index (χ2v) is 7.68. The Kier molecular flexibility index (Phi) is 5.28. The van der Waals surface area contributed by atoms with Gasteiger partial charge in [0.25, 0.3) is 0 Å². The van der Waals surface area contributed by atoms with Crippen molar-refractivity contribution in [2.45, 2.75) is 5.16 Å². The van der Waals surface area contributed by atoms with Crippen molar-refractivity contribution in [2.24, 2.45) is 0 Å². The number of amides is 1. The normalized spacial score (nSPS) is 12.0. The minimum Gasteiger partial charge on any atom is -0.454 e.